The van der Waals surface area contributed by atoms with Gasteiger partial charge in [0.1, 0.15) is 5.69 Å². The molecule has 0 saturated carbocycles. The van der Waals surface area contributed by atoms with Crippen LogP contribution in [0.3, 0.4) is 0 Å². The van der Waals surface area contributed by atoms with Gasteiger partial charge in [0.2, 0.25) is 0 Å². The second-order valence-corrected chi connectivity index (χ2v) is 2.10. The Labute approximate surface area is 69.9 Å². The Bertz CT molecular complexity index is 298. The van der Waals surface area contributed by atoms with Gasteiger partial charge in [-0.1, -0.05) is 24.1 Å². The summed E-state index contributed by atoms with van der Waals surface area (Å²) in [7, 11) is 0. The molecule has 0 aromatic carbocycles. The zero-order chi connectivity index (χ0) is 8.10. The van der Waals surface area contributed by atoms with Gasteiger partial charge in [0.05, 0.1) is 0 Å². The van der Waals surface area contributed by atoms with Crippen LogP contribution in [0, 0.1) is 12.5 Å². The van der Waals surface area contributed by atoms with E-state index in [0.717, 1.165) is 0 Å². The molecule has 0 N–H and O–H groups in total. The first-order valence-electron chi connectivity index (χ1n) is 2.95. The summed E-state index contributed by atoms with van der Waals surface area (Å²) in [5.74, 6) is 0. The molecule has 0 aliphatic rings. The van der Waals surface area contributed by atoms with Crippen molar-refractivity contribution in [3.05, 3.63) is 30.1 Å². The maximum atomic E-state index is 5.65. The lowest BCUT2D eigenvalue weighted by Crippen LogP contribution is -1.92. The van der Waals surface area contributed by atoms with E-state index in [0.29, 0.717) is 5.69 Å². The molecule has 0 saturated heterocycles. The second-order valence-electron chi connectivity index (χ2n) is 1.75. The third kappa shape index (κ3) is 2.06. The van der Waals surface area contributed by atoms with Crippen molar-refractivity contribution in [1.29, 1.82) is 0 Å². The van der Waals surface area contributed by atoms with E-state index in [1.165, 1.54) is 0 Å². The molecule has 1 heterocycles. The fraction of sp³-hybridized carbons (Fsp3) is 0. The smallest absolute Gasteiger partial charge is 0.165 e. The summed E-state index contributed by atoms with van der Waals surface area (Å²) in [5, 5.41) is 0.244. The Morgan fingerprint density at radius 3 is 3.00 bits per heavy atom. The molecule has 54 valence electrons. The summed E-state index contributed by atoms with van der Waals surface area (Å²) in [6, 6.07) is 7.43. The molecule has 1 aromatic rings. The molecule has 0 amide bonds. The van der Waals surface area contributed by atoms with Crippen molar-refractivity contribution in [1.82, 2.24) is 4.98 Å². The third-order valence-corrected chi connectivity index (χ3v) is 1.32. The predicted octanol–water partition coefficient (Wildman–Crippen LogP) is 1.66. The van der Waals surface area contributed by atoms with E-state index < -0.39 is 0 Å². The molecule has 0 unspecified atom stereocenters. The normalized spacial score (nSPS) is 10.7. The molecule has 0 radical (unpaired) electrons. The van der Waals surface area contributed by atoms with Gasteiger partial charge in [0.15, 0.2) is 5.17 Å². The fourth-order valence-electron chi connectivity index (χ4n) is 0.599. The van der Waals surface area contributed by atoms with Crippen LogP contribution in [-0.2, 0) is 0 Å². The number of hydrogen-bond acceptors (Lipinski definition) is 2. The SMILES string of the molecule is C#CN=C(Cl)c1ccccn1. The molecule has 0 spiro atoms. The molecular weight excluding hydrogens is 160 g/mol. The van der Waals surface area contributed by atoms with E-state index in [1.54, 1.807) is 18.3 Å². The van der Waals surface area contributed by atoms with Crippen molar-refractivity contribution in [3.63, 3.8) is 0 Å². The summed E-state index contributed by atoms with van der Waals surface area (Å²) in [6.45, 7) is 0. The van der Waals surface area contributed by atoms with E-state index >= 15 is 0 Å². The quantitative estimate of drug-likeness (QED) is 0.458. The number of halogens is 1. The Morgan fingerprint density at radius 1 is 1.64 bits per heavy atom. The molecule has 0 fully saturated rings. The molecule has 3 heteroatoms. The number of aliphatic imine (C=N–C) groups is 1. The maximum absolute atomic E-state index is 5.65. The van der Waals surface area contributed by atoms with Crippen molar-refractivity contribution in [2.45, 2.75) is 0 Å². The van der Waals surface area contributed by atoms with Crippen molar-refractivity contribution in [3.8, 4) is 12.5 Å². The van der Waals surface area contributed by atoms with Crippen LogP contribution in [0.25, 0.3) is 0 Å². The topological polar surface area (TPSA) is 25.2 Å². The monoisotopic (exact) mass is 164 g/mol. The van der Waals surface area contributed by atoms with Crippen LogP contribution in [-0.4, -0.2) is 10.2 Å². The predicted molar refractivity (Wildman–Crippen MR) is 45.5 cm³/mol. The summed E-state index contributed by atoms with van der Waals surface area (Å²) in [6.07, 6.45) is 6.55. The van der Waals surface area contributed by atoms with Crippen LogP contribution in [0.5, 0.6) is 0 Å². The minimum absolute atomic E-state index is 0.244. The highest BCUT2D eigenvalue weighted by Crippen LogP contribution is 1.99. The van der Waals surface area contributed by atoms with Gasteiger partial charge in [0.25, 0.3) is 0 Å². The molecule has 2 nitrogen and oxygen atoms in total. The molecule has 0 atom stereocenters. The van der Waals surface area contributed by atoms with Gasteiger partial charge in [-0.25, -0.2) is 0 Å². The van der Waals surface area contributed by atoms with Crippen LogP contribution >= 0.6 is 11.6 Å². The lowest BCUT2D eigenvalue weighted by molar-refractivity contribution is 1.30. The molecular formula is C8H5ClN2. The van der Waals surface area contributed by atoms with E-state index in [9.17, 15) is 0 Å². The average molecular weight is 165 g/mol. The highest BCUT2D eigenvalue weighted by Gasteiger charge is 1.96. The van der Waals surface area contributed by atoms with Crippen molar-refractivity contribution in [2.75, 3.05) is 0 Å². The van der Waals surface area contributed by atoms with Crippen LogP contribution in [0.2, 0.25) is 0 Å². The lowest BCUT2D eigenvalue weighted by atomic mass is 10.4. The Hall–Kier alpha value is -1.33. The number of rotatable bonds is 1. The number of pyridine rings is 1. The van der Waals surface area contributed by atoms with E-state index in [1.807, 2.05) is 6.07 Å². The highest BCUT2D eigenvalue weighted by atomic mass is 35.5. The first kappa shape index (κ1) is 7.77. The zero-order valence-electron chi connectivity index (χ0n) is 5.66. The van der Waals surface area contributed by atoms with Crippen LogP contribution in [0.1, 0.15) is 5.69 Å². The molecule has 0 bridgehead atoms. The van der Waals surface area contributed by atoms with E-state index in [-0.39, 0.29) is 5.17 Å². The number of terminal acetylenes is 1. The van der Waals surface area contributed by atoms with Crippen LogP contribution < -0.4 is 0 Å². The summed E-state index contributed by atoms with van der Waals surface area (Å²) in [5.41, 5.74) is 0.590. The largest absolute Gasteiger partial charge is 0.254 e. The molecule has 0 aliphatic carbocycles. The van der Waals surface area contributed by atoms with Crippen molar-refractivity contribution < 1.29 is 0 Å². The first-order valence-corrected chi connectivity index (χ1v) is 3.32. The Morgan fingerprint density at radius 2 is 2.45 bits per heavy atom. The zero-order valence-corrected chi connectivity index (χ0v) is 6.42. The third-order valence-electron chi connectivity index (χ3n) is 1.04. The lowest BCUT2D eigenvalue weighted by Gasteiger charge is -1.91. The Kier molecular flexibility index (Phi) is 2.65. The molecule has 11 heavy (non-hydrogen) atoms. The summed E-state index contributed by atoms with van der Waals surface area (Å²) < 4.78 is 0. The van der Waals surface area contributed by atoms with Crippen molar-refractivity contribution >= 4 is 16.8 Å². The molecule has 1 aromatic heterocycles. The fourth-order valence-corrected chi connectivity index (χ4v) is 0.759. The van der Waals surface area contributed by atoms with Gasteiger partial charge in [0, 0.05) is 12.2 Å². The van der Waals surface area contributed by atoms with Crippen LogP contribution in [0.4, 0.5) is 0 Å². The van der Waals surface area contributed by atoms with E-state index in [2.05, 4.69) is 16.0 Å². The van der Waals surface area contributed by atoms with Gasteiger partial charge in [-0.2, -0.15) is 4.99 Å². The highest BCUT2D eigenvalue weighted by molar-refractivity contribution is 6.69. The van der Waals surface area contributed by atoms with Crippen LogP contribution in [0.15, 0.2) is 29.4 Å². The first-order chi connectivity index (χ1) is 5.34. The van der Waals surface area contributed by atoms with Crippen molar-refractivity contribution in [2.24, 2.45) is 4.99 Å². The summed E-state index contributed by atoms with van der Waals surface area (Å²) >= 11 is 5.65. The van der Waals surface area contributed by atoms with Gasteiger partial charge in [-0.05, 0) is 12.1 Å². The molecule has 0 aliphatic heterocycles. The van der Waals surface area contributed by atoms with Gasteiger partial charge in [-0.15, -0.1) is 0 Å². The van der Waals surface area contributed by atoms with Gasteiger partial charge < -0.3 is 0 Å². The molecule has 1 rings (SSSR count). The summed E-state index contributed by atoms with van der Waals surface area (Å²) in [4.78, 5) is 7.48. The Balaban J connectivity index is 2.96. The number of hydrogen-bond donors (Lipinski definition) is 0. The second kappa shape index (κ2) is 3.75. The van der Waals surface area contributed by atoms with Gasteiger partial charge >= 0.3 is 0 Å². The maximum Gasteiger partial charge on any atom is 0.165 e. The number of nitrogens with zero attached hydrogens (tertiary/aromatic N) is 2. The standard InChI is InChI=1S/C8H5ClN2/c1-2-10-8(9)7-5-3-4-6-11-7/h1,3-6H. The minimum atomic E-state index is 0.244. The van der Waals surface area contributed by atoms with Gasteiger partial charge in [-0.3, -0.25) is 4.98 Å². The minimum Gasteiger partial charge on any atom is -0.254 e. The average Bonchev–Trinajstić information content (AvgIpc) is 2.07. The number of aromatic nitrogens is 1. The van der Waals surface area contributed by atoms with E-state index in [4.69, 9.17) is 18.0 Å².